The first kappa shape index (κ1) is 6.52. The molecule has 0 amide bonds. The highest BCUT2D eigenvalue weighted by atomic mass is 16.1. The molecule has 0 saturated carbocycles. The standard InChI is InChI=1S/C7H11N3O/c8-6-5-7(11)10-4-2-1-3-9(6)10/h5H,1-4,8H2. The molecule has 1 aromatic heterocycles. The summed E-state index contributed by atoms with van der Waals surface area (Å²) in [7, 11) is 0. The second-order valence-corrected chi connectivity index (χ2v) is 2.86. The number of hydrogen-bond donors (Lipinski definition) is 1. The lowest BCUT2D eigenvalue weighted by molar-refractivity contribution is 0.360. The zero-order chi connectivity index (χ0) is 7.84. The van der Waals surface area contributed by atoms with Crippen LogP contribution in [0.25, 0.3) is 0 Å². The topological polar surface area (TPSA) is 53.0 Å². The summed E-state index contributed by atoms with van der Waals surface area (Å²) in [4.78, 5) is 11.1. The lowest BCUT2D eigenvalue weighted by Crippen LogP contribution is -2.27. The van der Waals surface area contributed by atoms with Gasteiger partial charge >= 0.3 is 0 Å². The molecule has 2 heterocycles. The number of fused-ring (bicyclic) bond motifs is 1. The molecule has 0 spiro atoms. The van der Waals surface area contributed by atoms with Gasteiger partial charge in [0.15, 0.2) is 0 Å². The largest absolute Gasteiger partial charge is 0.384 e. The number of anilines is 1. The van der Waals surface area contributed by atoms with E-state index in [2.05, 4.69) is 0 Å². The van der Waals surface area contributed by atoms with Crippen molar-refractivity contribution in [3.63, 3.8) is 0 Å². The predicted molar refractivity (Wildman–Crippen MR) is 42.3 cm³/mol. The highest BCUT2D eigenvalue weighted by molar-refractivity contribution is 5.27. The molecule has 0 aliphatic carbocycles. The highest BCUT2D eigenvalue weighted by Gasteiger charge is 2.11. The highest BCUT2D eigenvalue weighted by Crippen LogP contribution is 2.09. The van der Waals surface area contributed by atoms with Gasteiger partial charge in [0.2, 0.25) is 0 Å². The average molecular weight is 153 g/mol. The fraction of sp³-hybridized carbons (Fsp3) is 0.571. The Morgan fingerprint density at radius 1 is 1.27 bits per heavy atom. The van der Waals surface area contributed by atoms with Gasteiger partial charge in [-0.3, -0.25) is 9.48 Å². The Morgan fingerprint density at radius 3 is 2.55 bits per heavy atom. The molecule has 4 nitrogen and oxygen atoms in total. The number of nitrogen functional groups attached to an aromatic ring is 1. The first-order chi connectivity index (χ1) is 5.29. The van der Waals surface area contributed by atoms with Gasteiger partial charge in [-0.15, -0.1) is 0 Å². The van der Waals surface area contributed by atoms with E-state index in [4.69, 9.17) is 5.73 Å². The van der Waals surface area contributed by atoms with Crippen LogP contribution >= 0.6 is 0 Å². The summed E-state index contributed by atoms with van der Waals surface area (Å²) in [6.07, 6.45) is 2.21. The molecule has 2 rings (SSSR count). The number of rotatable bonds is 0. The lowest BCUT2D eigenvalue weighted by Gasteiger charge is -2.17. The van der Waals surface area contributed by atoms with Crippen molar-refractivity contribution in [2.75, 3.05) is 5.73 Å². The third-order valence-corrected chi connectivity index (χ3v) is 2.11. The van der Waals surface area contributed by atoms with Crippen LogP contribution in [0.1, 0.15) is 12.8 Å². The zero-order valence-electron chi connectivity index (χ0n) is 6.29. The van der Waals surface area contributed by atoms with E-state index in [0.717, 1.165) is 25.9 Å². The summed E-state index contributed by atoms with van der Waals surface area (Å²) in [6.45, 7) is 1.70. The second kappa shape index (κ2) is 2.15. The molecule has 4 heteroatoms. The van der Waals surface area contributed by atoms with Crippen molar-refractivity contribution >= 4 is 5.82 Å². The van der Waals surface area contributed by atoms with Gasteiger partial charge < -0.3 is 5.73 Å². The molecule has 0 bridgehead atoms. The van der Waals surface area contributed by atoms with Crippen LogP contribution in [-0.2, 0) is 13.1 Å². The van der Waals surface area contributed by atoms with Crippen LogP contribution in [0.3, 0.4) is 0 Å². The molecular formula is C7H11N3O. The third-order valence-electron chi connectivity index (χ3n) is 2.11. The van der Waals surface area contributed by atoms with E-state index in [9.17, 15) is 4.79 Å². The number of aromatic nitrogens is 2. The Labute approximate surface area is 64.2 Å². The van der Waals surface area contributed by atoms with Crippen LogP contribution in [0.2, 0.25) is 0 Å². The maximum absolute atomic E-state index is 11.1. The average Bonchev–Trinajstić information content (AvgIpc) is 2.30. The van der Waals surface area contributed by atoms with Gasteiger partial charge in [0.25, 0.3) is 5.56 Å². The van der Waals surface area contributed by atoms with Crippen molar-refractivity contribution < 1.29 is 0 Å². The summed E-state index contributed by atoms with van der Waals surface area (Å²) in [5.74, 6) is 0.592. The Bertz CT molecular complexity index is 323. The third kappa shape index (κ3) is 0.859. The fourth-order valence-corrected chi connectivity index (χ4v) is 1.54. The van der Waals surface area contributed by atoms with Gasteiger partial charge in [-0.2, -0.15) is 0 Å². The maximum atomic E-state index is 11.1. The second-order valence-electron chi connectivity index (χ2n) is 2.86. The maximum Gasteiger partial charge on any atom is 0.268 e. The Hall–Kier alpha value is -1.19. The van der Waals surface area contributed by atoms with Gasteiger partial charge in [0.1, 0.15) is 5.82 Å². The van der Waals surface area contributed by atoms with Crippen LogP contribution in [0.15, 0.2) is 10.9 Å². The normalized spacial score (nSPS) is 16.4. The molecule has 1 aliphatic heterocycles. The molecule has 0 aromatic carbocycles. The van der Waals surface area contributed by atoms with E-state index in [1.807, 2.05) is 4.68 Å². The molecular weight excluding hydrogens is 142 g/mol. The summed E-state index contributed by atoms with van der Waals surface area (Å²) in [5, 5.41) is 0. The van der Waals surface area contributed by atoms with Crippen LogP contribution in [0.4, 0.5) is 5.82 Å². The van der Waals surface area contributed by atoms with E-state index >= 15 is 0 Å². The van der Waals surface area contributed by atoms with Crippen molar-refractivity contribution in [2.45, 2.75) is 25.9 Å². The Kier molecular flexibility index (Phi) is 1.27. The quantitative estimate of drug-likeness (QED) is 0.571. The first-order valence-electron chi connectivity index (χ1n) is 3.85. The van der Waals surface area contributed by atoms with Gasteiger partial charge in [0.05, 0.1) is 0 Å². The van der Waals surface area contributed by atoms with Crippen LogP contribution in [-0.4, -0.2) is 9.36 Å². The van der Waals surface area contributed by atoms with Crippen LogP contribution < -0.4 is 11.3 Å². The first-order valence-corrected chi connectivity index (χ1v) is 3.85. The van der Waals surface area contributed by atoms with Crippen molar-refractivity contribution in [2.24, 2.45) is 0 Å². The molecule has 11 heavy (non-hydrogen) atoms. The molecule has 2 N–H and O–H groups in total. The van der Waals surface area contributed by atoms with Crippen LogP contribution in [0, 0.1) is 0 Å². The van der Waals surface area contributed by atoms with Crippen molar-refractivity contribution in [1.29, 1.82) is 0 Å². The van der Waals surface area contributed by atoms with Crippen molar-refractivity contribution in [3.8, 4) is 0 Å². The van der Waals surface area contributed by atoms with Gasteiger partial charge in [-0.1, -0.05) is 0 Å². The number of nitrogens with two attached hydrogens (primary N) is 1. The molecule has 1 aliphatic rings. The van der Waals surface area contributed by atoms with Gasteiger partial charge in [0, 0.05) is 19.2 Å². The number of nitrogens with zero attached hydrogens (tertiary/aromatic N) is 2. The van der Waals surface area contributed by atoms with E-state index in [0.29, 0.717) is 5.82 Å². The molecule has 0 atom stereocenters. The Balaban J connectivity index is 2.61. The lowest BCUT2D eigenvalue weighted by atomic mass is 10.3. The summed E-state index contributed by atoms with van der Waals surface area (Å²) in [6, 6.07) is 1.49. The zero-order valence-corrected chi connectivity index (χ0v) is 6.29. The van der Waals surface area contributed by atoms with E-state index in [-0.39, 0.29) is 5.56 Å². The summed E-state index contributed by atoms with van der Waals surface area (Å²) >= 11 is 0. The summed E-state index contributed by atoms with van der Waals surface area (Å²) in [5.41, 5.74) is 5.63. The molecule has 1 aromatic rings. The van der Waals surface area contributed by atoms with Gasteiger partial charge in [-0.25, -0.2) is 4.68 Å². The van der Waals surface area contributed by atoms with Gasteiger partial charge in [-0.05, 0) is 12.8 Å². The minimum Gasteiger partial charge on any atom is -0.384 e. The smallest absolute Gasteiger partial charge is 0.268 e. The van der Waals surface area contributed by atoms with Crippen molar-refractivity contribution in [1.82, 2.24) is 9.36 Å². The minimum atomic E-state index is 0.0298. The SMILES string of the molecule is Nc1cc(=O)n2n1CCCC2. The number of hydrogen-bond acceptors (Lipinski definition) is 2. The van der Waals surface area contributed by atoms with Crippen molar-refractivity contribution in [3.05, 3.63) is 16.4 Å². The molecule has 0 saturated heterocycles. The Morgan fingerprint density at radius 2 is 1.91 bits per heavy atom. The van der Waals surface area contributed by atoms with E-state index in [1.54, 1.807) is 4.68 Å². The predicted octanol–water partition coefficient (Wildman–Crippen LogP) is 0.0258. The van der Waals surface area contributed by atoms with E-state index < -0.39 is 0 Å². The fourth-order valence-electron chi connectivity index (χ4n) is 1.54. The molecule has 0 fully saturated rings. The van der Waals surface area contributed by atoms with E-state index in [1.165, 1.54) is 6.07 Å². The molecule has 0 unspecified atom stereocenters. The molecule has 60 valence electrons. The molecule has 0 radical (unpaired) electrons. The monoisotopic (exact) mass is 153 g/mol. The minimum absolute atomic E-state index is 0.0298. The summed E-state index contributed by atoms with van der Waals surface area (Å²) < 4.78 is 3.56. The van der Waals surface area contributed by atoms with Crippen LogP contribution in [0.5, 0.6) is 0 Å².